The highest BCUT2D eigenvalue weighted by atomic mass is 16.5. The van der Waals surface area contributed by atoms with Crippen molar-refractivity contribution < 1.29 is 9.32 Å². The second-order valence-corrected chi connectivity index (χ2v) is 6.65. The van der Waals surface area contributed by atoms with Gasteiger partial charge in [0.25, 0.3) is 5.91 Å². The van der Waals surface area contributed by atoms with Crippen molar-refractivity contribution in [3.63, 3.8) is 0 Å². The van der Waals surface area contributed by atoms with Gasteiger partial charge >= 0.3 is 0 Å². The lowest BCUT2D eigenvalue weighted by atomic mass is 10.1. The number of nitrogens with one attached hydrogen (secondary N) is 1. The molecule has 0 radical (unpaired) electrons. The minimum atomic E-state index is -0.0742. The molecule has 1 atom stereocenters. The molecule has 24 heavy (non-hydrogen) atoms. The van der Waals surface area contributed by atoms with E-state index in [9.17, 15) is 4.79 Å². The fourth-order valence-electron chi connectivity index (χ4n) is 2.88. The Bertz CT molecular complexity index is 692. The highest BCUT2D eigenvalue weighted by Crippen LogP contribution is 2.15. The van der Waals surface area contributed by atoms with Crippen LogP contribution in [0.4, 0.5) is 0 Å². The Kier molecular flexibility index (Phi) is 4.94. The first-order chi connectivity index (χ1) is 11.5. The smallest absolute Gasteiger partial charge is 0.254 e. The first kappa shape index (κ1) is 16.6. The van der Waals surface area contributed by atoms with Crippen molar-refractivity contribution in [3.8, 4) is 0 Å². The van der Waals surface area contributed by atoms with Gasteiger partial charge in [-0.2, -0.15) is 10.1 Å². The summed E-state index contributed by atoms with van der Waals surface area (Å²) in [7, 11) is 1.80. The Labute approximate surface area is 141 Å². The standard InChI is InChI=1S/C16H24N6O2/c1-11(2)15-19-14(24-20-15)10-22-6-4-5-13(9-22)18-16(23)12-7-17-21(3)8-12/h7-8,11,13H,4-6,9-10H2,1-3H3,(H,18,23). The second-order valence-electron chi connectivity index (χ2n) is 6.65. The van der Waals surface area contributed by atoms with Crippen LogP contribution in [0.1, 0.15) is 54.7 Å². The van der Waals surface area contributed by atoms with Crippen LogP contribution in [0.25, 0.3) is 0 Å². The summed E-state index contributed by atoms with van der Waals surface area (Å²) in [5.74, 6) is 1.56. The Morgan fingerprint density at radius 1 is 1.50 bits per heavy atom. The maximum Gasteiger partial charge on any atom is 0.254 e. The average Bonchev–Trinajstić information content (AvgIpc) is 3.17. The van der Waals surface area contributed by atoms with E-state index in [0.717, 1.165) is 31.8 Å². The summed E-state index contributed by atoms with van der Waals surface area (Å²) in [6.07, 6.45) is 5.32. The summed E-state index contributed by atoms with van der Waals surface area (Å²) in [6, 6.07) is 0.124. The molecule has 1 fully saturated rings. The molecule has 1 N–H and O–H groups in total. The van der Waals surface area contributed by atoms with Crippen LogP contribution in [0.3, 0.4) is 0 Å². The number of amides is 1. The molecule has 1 amide bonds. The quantitative estimate of drug-likeness (QED) is 0.888. The van der Waals surface area contributed by atoms with Gasteiger partial charge in [-0.3, -0.25) is 14.4 Å². The van der Waals surface area contributed by atoms with E-state index in [4.69, 9.17) is 4.52 Å². The number of likely N-dealkylation sites (tertiary alicyclic amines) is 1. The number of aryl methyl sites for hydroxylation is 1. The third-order valence-electron chi connectivity index (χ3n) is 4.17. The van der Waals surface area contributed by atoms with Crippen molar-refractivity contribution >= 4 is 5.91 Å². The lowest BCUT2D eigenvalue weighted by molar-refractivity contribution is 0.0895. The molecule has 0 aromatic carbocycles. The van der Waals surface area contributed by atoms with Crippen LogP contribution < -0.4 is 5.32 Å². The third-order valence-corrected chi connectivity index (χ3v) is 4.17. The van der Waals surface area contributed by atoms with Crippen LogP contribution in [-0.2, 0) is 13.6 Å². The van der Waals surface area contributed by atoms with E-state index >= 15 is 0 Å². The Morgan fingerprint density at radius 3 is 3.00 bits per heavy atom. The zero-order chi connectivity index (χ0) is 17.1. The first-order valence-electron chi connectivity index (χ1n) is 8.35. The van der Waals surface area contributed by atoms with Crippen LogP contribution in [0.15, 0.2) is 16.9 Å². The topological polar surface area (TPSA) is 89.1 Å². The third kappa shape index (κ3) is 4.00. The van der Waals surface area contributed by atoms with Crippen LogP contribution in [-0.4, -0.2) is 49.9 Å². The Balaban J connectivity index is 1.54. The van der Waals surface area contributed by atoms with E-state index < -0.39 is 0 Å². The maximum absolute atomic E-state index is 12.2. The molecule has 3 rings (SSSR count). The molecule has 3 heterocycles. The second kappa shape index (κ2) is 7.12. The first-order valence-corrected chi connectivity index (χ1v) is 8.35. The van der Waals surface area contributed by atoms with Gasteiger partial charge in [-0.1, -0.05) is 19.0 Å². The Hall–Kier alpha value is -2.22. The van der Waals surface area contributed by atoms with Gasteiger partial charge < -0.3 is 9.84 Å². The number of piperidine rings is 1. The maximum atomic E-state index is 12.2. The highest BCUT2D eigenvalue weighted by molar-refractivity contribution is 5.93. The van der Waals surface area contributed by atoms with Crippen molar-refractivity contribution in [3.05, 3.63) is 29.7 Å². The molecular weight excluding hydrogens is 308 g/mol. The van der Waals surface area contributed by atoms with Gasteiger partial charge in [0.1, 0.15) is 0 Å². The molecule has 130 valence electrons. The van der Waals surface area contributed by atoms with E-state index in [0.29, 0.717) is 18.0 Å². The fraction of sp³-hybridized carbons (Fsp3) is 0.625. The molecule has 1 aliphatic heterocycles. The highest BCUT2D eigenvalue weighted by Gasteiger charge is 2.24. The number of hydrogen-bond acceptors (Lipinski definition) is 6. The molecule has 0 saturated carbocycles. The van der Waals surface area contributed by atoms with Crippen molar-refractivity contribution in [2.75, 3.05) is 13.1 Å². The molecular formula is C16H24N6O2. The van der Waals surface area contributed by atoms with Gasteiger partial charge in [0.05, 0.1) is 18.3 Å². The summed E-state index contributed by atoms with van der Waals surface area (Å²) in [5, 5.41) is 11.1. The predicted molar refractivity (Wildman–Crippen MR) is 87.4 cm³/mol. The number of rotatable bonds is 5. The SMILES string of the molecule is CC(C)c1noc(CN2CCCC(NC(=O)c3cnn(C)c3)C2)n1. The molecule has 2 aromatic heterocycles. The number of carbonyl (C=O) groups excluding carboxylic acids is 1. The lowest BCUT2D eigenvalue weighted by Crippen LogP contribution is -2.47. The van der Waals surface area contributed by atoms with Crippen molar-refractivity contribution in [2.45, 2.75) is 45.2 Å². The molecule has 0 aliphatic carbocycles. The normalized spacial score (nSPS) is 18.9. The number of nitrogens with zero attached hydrogens (tertiary/aromatic N) is 5. The van der Waals surface area contributed by atoms with E-state index in [1.165, 1.54) is 0 Å². The fourth-order valence-corrected chi connectivity index (χ4v) is 2.88. The molecule has 1 saturated heterocycles. The summed E-state index contributed by atoms with van der Waals surface area (Å²) in [6.45, 7) is 6.46. The van der Waals surface area contributed by atoms with Crippen LogP contribution in [0.5, 0.6) is 0 Å². The number of hydrogen-bond donors (Lipinski definition) is 1. The average molecular weight is 332 g/mol. The van der Waals surface area contributed by atoms with E-state index in [-0.39, 0.29) is 17.9 Å². The largest absolute Gasteiger partial charge is 0.348 e. The minimum absolute atomic E-state index is 0.0742. The monoisotopic (exact) mass is 332 g/mol. The van der Waals surface area contributed by atoms with Gasteiger partial charge in [0, 0.05) is 31.7 Å². The molecule has 8 nitrogen and oxygen atoms in total. The van der Waals surface area contributed by atoms with Gasteiger partial charge in [0.2, 0.25) is 5.89 Å². The van der Waals surface area contributed by atoms with Gasteiger partial charge in [-0.05, 0) is 19.4 Å². The summed E-state index contributed by atoms with van der Waals surface area (Å²) in [4.78, 5) is 18.9. The van der Waals surface area contributed by atoms with Crippen molar-refractivity contribution in [1.82, 2.24) is 30.1 Å². The van der Waals surface area contributed by atoms with Crippen molar-refractivity contribution in [2.24, 2.45) is 7.05 Å². The van der Waals surface area contributed by atoms with Gasteiger partial charge in [0.15, 0.2) is 5.82 Å². The number of carbonyl (C=O) groups is 1. The van der Waals surface area contributed by atoms with E-state index in [2.05, 4.69) is 25.5 Å². The summed E-state index contributed by atoms with van der Waals surface area (Å²) >= 11 is 0. The molecule has 2 aromatic rings. The molecule has 0 spiro atoms. The van der Waals surface area contributed by atoms with Gasteiger partial charge in [-0.25, -0.2) is 0 Å². The Morgan fingerprint density at radius 2 is 2.33 bits per heavy atom. The molecule has 8 heteroatoms. The van der Waals surface area contributed by atoms with Crippen molar-refractivity contribution in [1.29, 1.82) is 0 Å². The molecule has 0 bridgehead atoms. The van der Waals surface area contributed by atoms with Gasteiger partial charge in [-0.15, -0.1) is 0 Å². The molecule has 1 unspecified atom stereocenters. The predicted octanol–water partition coefficient (Wildman–Crippen LogP) is 1.32. The van der Waals surface area contributed by atoms with Crippen LogP contribution in [0, 0.1) is 0 Å². The molecule has 1 aliphatic rings. The zero-order valence-corrected chi connectivity index (χ0v) is 14.4. The number of aromatic nitrogens is 4. The zero-order valence-electron chi connectivity index (χ0n) is 14.4. The summed E-state index contributed by atoms with van der Waals surface area (Å²) < 4.78 is 6.94. The summed E-state index contributed by atoms with van der Waals surface area (Å²) in [5.41, 5.74) is 0.591. The van der Waals surface area contributed by atoms with Crippen LogP contribution in [0.2, 0.25) is 0 Å². The van der Waals surface area contributed by atoms with E-state index in [1.807, 2.05) is 13.8 Å². The van der Waals surface area contributed by atoms with E-state index in [1.54, 1.807) is 24.1 Å². The lowest BCUT2D eigenvalue weighted by Gasteiger charge is -2.32. The minimum Gasteiger partial charge on any atom is -0.348 e. The van der Waals surface area contributed by atoms with Crippen LogP contribution >= 0.6 is 0 Å².